The normalized spacial score (nSPS) is 11.4. The number of aryl methyl sites for hydroxylation is 1. The van der Waals surface area contributed by atoms with Crippen molar-refractivity contribution in [2.24, 2.45) is 0 Å². The highest BCUT2D eigenvalue weighted by Crippen LogP contribution is 2.18. The molecule has 0 heterocycles. The van der Waals surface area contributed by atoms with Crippen LogP contribution in [0.25, 0.3) is 0 Å². The molecule has 0 aliphatic rings. The maximum atomic E-state index is 11.8. The van der Waals surface area contributed by atoms with Crippen LogP contribution in [0, 0.1) is 17.0 Å². The Kier molecular flexibility index (Phi) is 5.56. The van der Waals surface area contributed by atoms with E-state index in [0.717, 1.165) is 0 Å². The number of carboxylic acid groups (broad SMARTS) is 1. The molecule has 0 saturated carbocycles. The average Bonchev–Trinajstić information content (AvgIpc) is 2.43. The minimum atomic E-state index is -1.19. The van der Waals surface area contributed by atoms with Crippen LogP contribution in [-0.2, 0) is 9.59 Å². The smallest absolute Gasteiger partial charge is 0.325 e. The summed E-state index contributed by atoms with van der Waals surface area (Å²) in [6.45, 7) is 2.39. The number of carbonyl (C=O) groups excluding carboxylic acids is 2. The molecule has 1 aromatic rings. The molecular formula is C13H15N3O6. The van der Waals surface area contributed by atoms with Crippen LogP contribution < -0.4 is 10.6 Å². The van der Waals surface area contributed by atoms with E-state index in [2.05, 4.69) is 10.6 Å². The van der Waals surface area contributed by atoms with Crippen molar-refractivity contribution in [3.8, 4) is 0 Å². The van der Waals surface area contributed by atoms with E-state index in [-0.39, 0.29) is 11.3 Å². The molecule has 1 rings (SSSR count). The third-order valence-corrected chi connectivity index (χ3v) is 2.81. The summed E-state index contributed by atoms with van der Waals surface area (Å²) in [5.41, 5.74) is 0.383. The van der Waals surface area contributed by atoms with Gasteiger partial charge in [-0.05, 0) is 26.0 Å². The summed E-state index contributed by atoms with van der Waals surface area (Å²) in [6, 6.07) is 2.76. The summed E-state index contributed by atoms with van der Waals surface area (Å²) in [7, 11) is 0. The van der Waals surface area contributed by atoms with E-state index < -0.39 is 35.3 Å². The Bertz CT molecular complexity index is 628. The van der Waals surface area contributed by atoms with E-state index in [0.29, 0.717) is 5.56 Å². The van der Waals surface area contributed by atoms with Crippen molar-refractivity contribution in [2.75, 3.05) is 6.54 Å². The molecule has 0 aliphatic heterocycles. The van der Waals surface area contributed by atoms with E-state index in [1.807, 2.05) is 0 Å². The number of nitrogens with one attached hydrogen (secondary N) is 2. The number of hydrogen-bond donors (Lipinski definition) is 3. The molecule has 9 heteroatoms. The molecule has 3 N–H and O–H groups in total. The van der Waals surface area contributed by atoms with Crippen molar-refractivity contribution in [3.63, 3.8) is 0 Å². The van der Waals surface area contributed by atoms with Crippen molar-refractivity contribution in [1.29, 1.82) is 0 Å². The quantitative estimate of drug-likeness (QED) is 0.507. The number of amides is 2. The van der Waals surface area contributed by atoms with Gasteiger partial charge in [-0.15, -0.1) is 0 Å². The van der Waals surface area contributed by atoms with Crippen molar-refractivity contribution in [3.05, 3.63) is 39.4 Å². The van der Waals surface area contributed by atoms with Gasteiger partial charge in [0.15, 0.2) is 0 Å². The molecule has 0 radical (unpaired) electrons. The summed E-state index contributed by atoms with van der Waals surface area (Å²) >= 11 is 0. The van der Waals surface area contributed by atoms with Crippen molar-refractivity contribution < 1.29 is 24.4 Å². The molecule has 2 amide bonds. The zero-order valence-electron chi connectivity index (χ0n) is 12.0. The predicted octanol–water partition coefficient (Wildman–Crippen LogP) is 0.222. The minimum Gasteiger partial charge on any atom is -0.480 e. The lowest BCUT2D eigenvalue weighted by Gasteiger charge is -2.10. The van der Waals surface area contributed by atoms with E-state index in [1.165, 1.54) is 32.0 Å². The van der Waals surface area contributed by atoms with Crippen LogP contribution in [0.1, 0.15) is 22.8 Å². The number of carbonyl (C=O) groups is 3. The van der Waals surface area contributed by atoms with Crippen LogP contribution in [-0.4, -0.2) is 40.4 Å². The van der Waals surface area contributed by atoms with Crippen LogP contribution in [0.4, 0.5) is 5.69 Å². The molecule has 0 bridgehead atoms. The van der Waals surface area contributed by atoms with Gasteiger partial charge in [0.25, 0.3) is 11.6 Å². The Morgan fingerprint density at radius 2 is 2.00 bits per heavy atom. The van der Waals surface area contributed by atoms with Gasteiger partial charge in [0, 0.05) is 17.2 Å². The Morgan fingerprint density at radius 1 is 1.36 bits per heavy atom. The molecule has 0 aliphatic carbocycles. The number of nitro groups is 1. The standard InChI is InChI=1S/C13H15N3O6/c1-7-5-9(3-4-10(7)16(21)22)12(18)14-6-11(17)15-8(2)13(19)20/h3-5,8H,6H2,1-2H3,(H,14,18)(H,15,17)(H,19,20). The lowest BCUT2D eigenvalue weighted by molar-refractivity contribution is -0.385. The van der Waals surface area contributed by atoms with E-state index in [9.17, 15) is 24.5 Å². The lowest BCUT2D eigenvalue weighted by Crippen LogP contribution is -2.44. The maximum Gasteiger partial charge on any atom is 0.325 e. The summed E-state index contributed by atoms with van der Waals surface area (Å²) < 4.78 is 0. The number of nitro benzene ring substituents is 1. The van der Waals surface area contributed by atoms with Crippen molar-refractivity contribution in [2.45, 2.75) is 19.9 Å². The highest BCUT2D eigenvalue weighted by atomic mass is 16.6. The molecule has 0 aromatic heterocycles. The van der Waals surface area contributed by atoms with Gasteiger partial charge in [0.05, 0.1) is 11.5 Å². The fraction of sp³-hybridized carbons (Fsp3) is 0.308. The van der Waals surface area contributed by atoms with Crippen molar-refractivity contribution >= 4 is 23.5 Å². The molecule has 0 saturated heterocycles. The third kappa shape index (κ3) is 4.54. The highest BCUT2D eigenvalue weighted by Gasteiger charge is 2.16. The van der Waals surface area contributed by atoms with Crippen molar-refractivity contribution in [1.82, 2.24) is 10.6 Å². The van der Waals surface area contributed by atoms with Crippen LogP contribution in [0.2, 0.25) is 0 Å². The molecule has 1 atom stereocenters. The fourth-order valence-corrected chi connectivity index (χ4v) is 1.62. The van der Waals surface area contributed by atoms with Gasteiger partial charge >= 0.3 is 5.97 Å². The Balaban J connectivity index is 2.63. The predicted molar refractivity (Wildman–Crippen MR) is 75.4 cm³/mol. The highest BCUT2D eigenvalue weighted by molar-refractivity contribution is 5.97. The fourth-order valence-electron chi connectivity index (χ4n) is 1.62. The molecule has 9 nitrogen and oxygen atoms in total. The molecule has 22 heavy (non-hydrogen) atoms. The lowest BCUT2D eigenvalue weighted by atomic mass is 10.1. The van der Waals surface area contributed by atoms with E-state index >= 15 is 0 Å². The Morgan fingerprint density at radius 3 is 2.50 bits per heavy atom. The summed E-state index contributed by atoms with van der Waals surface area (Å²) in [5, 5.41) is 23.8. The first-order valence-corrected chi connectivity index (χ1v) is 6.27. The largest absolute Gasteiger partial charge is 0.480 e. The number of nitrogens with zero attached hydrogens (tertiary/aromatic N) is 1. The molecule has 118 valence electrons. The second kappa shape index (κ2) is 7.16. The number of benzene rings is 1. The van der Waals surface area contributed by atoms with Gasteiger partial charge < -0.3 is 15.7 Å². The molecule has 0 spiro atoms. The Labute approximate surface area is 125 Å². The van der Waals surface area contributed by atoms with Crippen LogP contribution in [0.15, 0.2) is 18.2 Å². The second-order valence-electron chi connectivity index (χ2n) is 4.57. The molecule has 1 aromatic carbocycles. The second-order valence-corrected chi connectivity index (χ2v) is 4.57. The van der Waals surface area contributed by atoms with Crippen LogP contribution in [0.3, 0.4) is 0 Å². The van der Waals surface area contributed by atoms with Gasteiger partial charge in [-0.1, -0.05) is 0 Å². The average molecular weight is 309 g/mol. The zero-order valence-corrected chi connectivity index (χ0v) is 12.0. The van der Waals surface area contributed by atoms with Gasteiger partial charge in [0.1, 0.15) is 6.04 Å². The topological polar surface area (TPSA) is 139 Å². The summed E-state index contributed by atoms with van der Waals surface area (Å²) in [5.74, 6) is -2.43. The maximum absolute atomic E-state index is 11.8. The molecular weight excluding hydrogens is 294 g/mol. The SMILES string of the molecule is Cc1cc(C(=O)NCC(=O)NC(C)C(=O)O)ccc1[N+](=O)[O-]. The Hall–Kier alpha value is -2.97. The van der Waals surface area contributed by atoms with E-state index in [4.69, 9.17) is 5.11 Å². The number of carboxylic acids is 1. The van der Waals surface area contributed by atoms with Crippen LogP contribution in [0.5, 0.6) is 0 Å². The van der Waals surface area contributed by atoms with Gasteiger partial charge in [-0.2, -0.15) is 0 Å². The number of hydrogen-bond acceptors (Lipinski definition) is 5. The first-order chi connectivity index (χ1) is 10.2. The molecule has 1 unspecified atom stereocenters. The zero-order chi connectivity index (χ0) is 16.9. The minimum absolute atomic E-state index is 0.107. The first-order valence-electron chi connectivity index (χ1n) is 6.27. The van der Waals surface area contributed by atoms with Gasteiger partial charge in [-0.3, -0.25) is 24.5 Å². The van der Waals surface area contributed by atoms with Gasteiger partial charge in [-0.25, -0.2) is 0 Å². The van der Waals surface area contributed by atoms with E-state index in [1.54, 1.807) is 0 Å². The number of aliphatic carboxylic acids is 1. The first kappa shape index (κ1) is 17.1. The van der Waals surface area contributed by atoms with Gasteiger partial charge in [0.2, 0.25) is 5.91 Å². The third-order valence-electron chi connectivity index (χ3n) is 2.81. The molecule has 0 fully saturated rings. The number of rotatable bonds is 6. The summed E-state index contributed by atoms with van der Waals surface area (Å²) in [6.07, 6.45) is 0. The summed E-state index contributed by atoms with van der Waals surface area (Å²) in [4.78, 5) is 43.9. The van der Waals surface area contributed by atoms with Crippen LogP contribution >= 0.6 is 0 Å². The monoisotopic (exact) mass is 309 g/mol.